The Balaban J connectivity index is 1.82. The monoisotopic (exact) mass is 354 g/mol. The summed E-state index contributed by atoms with van der Waals surface area (Å²) in [6.45, 7) is 0.212. The molecule has 2 aromatic heterocycles. The van der Waals surface area contributed by atoms with Gasteiger partial charge in [-0.3, -0.25) is 9.40 Å². The second kappa shape index (κ2) is 7.56. The third-order valence-corrected chi connectivity index (χ3v) is 3.90. The van der Waals surface area contributed by atoms with E-state index >= 15 is 0 Å². The highest BCUT2D eigenvalue weighted by atomic mass is 16.7. The quantitative estimate of drug-likeness (QED) is 0.399. The lowest BCUT2D eigenvalue weighted by Gasteiger charge is -2.22. The molecular formula is C14H22N6O5. The molecule has 11 nitrogen and oxygen atoms in total. The molecule has 4 N–H and O–H groups in total. The van der Waals surface area contributed by atoms with Crippen LogP contribution >= 0.6 is 0 Å². The maximum Gasteiger partial charge on any atom is 0.167 e. The zero-order valence-corrected chi connectivity index (χ0v) is 14.0. The first-order chi connectivity index (χ1) is 12.0. The van der Waals surface area contributed by atoms with Gasteiger partial charge >= 0.3 is 0 Å². The standard InChI is InChI=1S/C14H22N6O5/c1-19(2)24-4-3-23-11-10(22)8(5-21)25-14(11)20-7-18-9-12(15)16-6-17-13(9)20/h6-8,10-11,14,21-22H,3-5H2,1-2H3,(H2,15,16,17)/t8-,10-,11-,14-/m1/s1. The predicted octanol–water partition coefficient (Wildman–Crippen LogP) is -1.46. The molecule has 0 spiro atoms. The van der Waals surface area contributed by atoms with Gasteiger partial charge in [-0.1, -0.05) is 0 Å². The van der Waals surface area contributed by atoms with E-state index in [1.165, 1.54) is 12.7 Å². The highest BCUT2D eigenvalue weighted by Gasteiger charge is 2.45. The van der Waals surface area contributed by atoms with Gasteiger partial charge in [-0.05, 0) is 0 Å². The zero-order chi connectivity index (χ0) is 18.0. The van der Waals surface area contributed by atoms with Gasteiger partial charge in [-0.25, -0.2) is 15.0 Å². The molecule has 0 radical (unpaired) electrons. The van der Waals surface area contributed by atoms with Gasteiger partial charge in [0.1, 0.15) is 30.2 Å². The van der Waals surface area contributed by atoms with Crippen LogP contribution in [0.25, 0.3) is 11.2 Å². The first kappa shape index (κ1) is 17.9. The summed E-state index contributed by atoms with van der Waals surface area (Å²) < 4.78 is 13.1. The molecule has 3 heterocycles. The van der Waals surface area contributed by atoms with E-state index in [2.05, 4.69) is 15.0 Å². The van der Waals surface area contributed by atoms with Crippen LogP contribution < -0.4 is 5.73 Å². The smallest absolute Gasteiger partial charge is 0.167 e. The number of nitrogens with two attached hydrogens (primary N) is 1. The maximum absolute atomic E-state index is 10.4. The van der Waals surface area contributed by atoms with E-state index < -0.39 is 24.5 Å². The maximum atomic E-state index is 10.4. The van der Waals surface area contributed by atoms with Gasteiger partial charge in [0.25, 0.3) is 0 Å². The number of rotatable bonds is 7. The topological polar surface area (TPSA) is 141 Å². The van der Waals surface area contributed by atoms with Crippen molar-refractivity contribution in [1.29, 1.82) is 0 Å². The van der Waals surface area contributed by atoms with Gasteiger partial charge in [-0.2, -0.15) is 5.06 Å². The molecule has 2 aromatic rings. The summed E-state index contributed by atoms with van der Waals surface area (Å²) in [4.78, 5) is 17.5. The van der Waals surface area contributed by atoms with Crippen LogP contribution in [0.4, 0.5) is 5.82 Å². The number of imidazole rings is 1. The van der Waals surface area contributed by atoms with Gasteiger partial charge in [0.05, 0.1) is 26.1 Å². The fourth-order valence-corrected chi connectivity index (χ4v) is 2.73. The summed E-state index contributed by atoms with van der Waals surface area (Å²) in [5.74, 6) is 0.248. The minimum Gasteiger partial charge on any atom is -0.394 e. The van der Waals surface area contributed by atoms with Crippen molar-refractivity contribution in [2.45, 2.75) is 24.5 Å². The number of hydrogen-bond acceptors (Lipinski definition) is 10. The molecule has 11 heteroatoms. The molecule has 0 aliphatic carbocycles. The van der Waals surface area contributed by atoms with Gasteiger partial charge in [0.15, 0.2) is 17.7 Å². The summed E-state index contributed by atoms with van der Waals surface area (Å²) in [7, 11) is 3.53. The average molecular weight is 354 g/mol. The Kier molecular flexibility index (Phi) is 5.42. The zero-order valence-electron chi connectivity index (χ0n) is 14.0. The molecule has 1 aliphatic rings. The molecule has 1 aliphatic heterocycles. The number of hydrogen-bond donors (Lipinski definition) is 3. The molecule has 138 valence electrons. The van der Waals surface area contributed by atoms with Gasteiger partial charge in [0.2, 0.25) is 0 Å². The minimum atomic E-state index is -1.01. The second-order valence-electron chi connectivity index (χ2n) is 5.80. The molecule has 0 unspecified atom stereocenters. The van der Waals surface area contributed by atoms with Crippen molar-refractivity contribution in [2.75, 3.05) is 39.6 Å². The third-order valence-electron chi connectivity index (χ3n) is 3.90. The molecule has 1 saturated heterocycles. The number of nitrogen functional groups attached to an aromatic ring is 1. The van der Waals surface area contributed by atoms with Crippen LogP contribution in [0.15, 0.2) is 12.7 Å². The lowest BCUT2D eigenvalue weighted by Crippen LogP contribution is -2.36. The fraction of sp³-hybridized carbons (Fsp3) is 0.643. The molecule has 3 rings (SSSR count). The average Bonchev–Trinajstić information content (AvgIpc) is 3.14. The first-order valence-electron chi connectivity index (χ1n) is 7.82. The van der Waals surface area contributed by atoms with Crippen LogP contribution in [0, 0.1) is 0 Å². The Bertz CT molecular complexity index is 710. The number of aliphatic hydroxyl groups excluding tert-OH is 2. The molecule has 25 heavy (non-hydrogen) atoms. The van der Waals surface area contributed by atoms with E-state index in [0.717, 1.165) is 0 Å². The number of fused-ring (bicyclic) bond motifs is 1. The molecule has 4 atom stereocenters. The van der Waals surface area contributed by atoms with Crippen LogP contribution in [-0.2, 0) is 14.3 Å². The number of anilines is 1. The van der Waals surface area contributed by atoms with Gasteiger partial charge in [0, 0.05) is 14.1 Å². The van der Waals surface area contributed by atoms with Crippen LogP contribution in [-0.4, -0.2) is 87.0 Å². The SMILES string of the molecule is CN(C)OCCO[C@@H]1[C@H](O)[C@@H](CO)O[C@H]1n1cnc2c(N)ncnc21. The normalized spacial score (nSPS) is 26.8. The Hall–Kier alpha value is -1.89. The summed E-state index contributed by atoms with van der Waals surface area (Å²) >= 11 is 0. The van der Waals surface area contributed by atoms with Gasteiger partial charge < -0.3 is 25.4 Å². The number of ether oxygens (including phenoxy) is 2. The van der Waals surface area contributed by atoms with Gasteiger partial charge in [-0.15, -0.1) is 0 Å². The highest BCUT2D eigenvalue weighted by Crippen LogP contribution is 2.33. The Morgan fingerprint density at radius 3 is 2.84 bits per heavy atom. The van der Waals surface area contributed by atoms with E-state index in [-0.39, 0.29) is 19.0 Å². The molecule has 0 bridgehead atoms. The van der Waals surface area contributed by atoms with Crippen LogP contribution in [0.1, 0.15) is 6.23 Å². The Morgan fingerprint density at radius 2 is 2.12 bits per heavy atom. The summed E-state index contributed by atoms with van der Waals surface area (Å²) in [5.41, 5.74) is 6.69. The third kappa shape index (κ3) is 3.56. The van der Waals surface area contributed by atoms with Crippen LogP contribution in [0.5, 0.6) is 0 Å². The van der Waals surface area contributed by atoms with E-state index in [1.807, 2.05) is 0 Å². The largest absolute Gasteiger partial charge is 0.394 e. The van der Waals surface area contributed by atoms with E-state index in [1.54, 1.807) is 23.7 Å². The van der Waals surface area contributed by atoms with E-state index in [9.17, 15) is 10.2 Å². The number of aromatic nitrogens is 4. The summed E-state index contributed by atoms with van der Waals surface area (Å²) in [6, 6.07) is 0. The molecule has 0 saturated carbocycles. The van der Waals surface area contributed by atoms with E-state index in [0.29, 0.717) is 17.8 Å². The van der Waals surface area contributed by atoms with Crippen molar-refractivity contribution in [3.05, 3.63) is 12.7 Å². The Labute approximate surface area is 143 Å². The molecule has 1 fully saturated rings. The number of hydroxylamine groups is 2. The van der Waals surface area contributed by atoms with Crippen molar-refractivity contribution in [2.24, 2.45) is 0 Å². The van der Waals surface area contributed by atoms with Crippen molar-refractivity contribution >= 4 is 17.0 Å². The van der Waals surface area contributed by atoms with Crippen molar-refractivity contribution in [3.8, 4) is 0 Å². The van der Waals surface area contributed by atoms with E-state index in [4.69, 9.17) is 20.0 Å². The second-order valence-corrected chi connectivity index (χ2v) is 5.80. The molecule has 0 aromatic carbocycles. The van der Waals surface area contributed by atoms with Crippen LogP contribution in [0.2, 0.25) is 0 Å². The first-order valence-corrected chi connectivity index (χ1v) is 7.82. The summed E-state index contributed by atoms with van der Waals surface area (Å²) in [6.07, 6.45) is -0.403. The molecule has 0 amide bonds. The fourth-order valence-electron chi connectivity index (χ4n) is 2.73. The van der Waals surface area contributed by atoms with Crippen molar-refractivity contribution in [1.82, 2.24) is 24.6 Å². The molecular weight excluding hydrogens is 332 g/mol. The van der Waals surface area contributed by atoms with Crippen molar-refractivity contribution in [3.63, 3.8) is 0 Å². The lowest BCUT2D eigenvalue weighted by atomic mass is 10.1. The Morgan fingerprint density at radius 1 is 1.32 bits per heavy atom. The highest BCUT2D eigenvalue weighted by molar-refractivity contribution is 5.81. The minimum absolute atomic E-state index is 0.238. The predicted molar refractivity (Wildman–Crippen MR) is 86.1 cm³/mol. The number of aliphatic hydroxyl groups is 2. The number of nitrogens with zero attached hydrogens (tertiary/aromatic N) is 5. The van der Waals surface area contributed by atoms with Crippen LogP contribution in [0.3, 0.4) is 0 Å². The summed E-state index contributed by atoms with van der Waals surface area (Å²) in [5, 5.41) is 21.4. The lowest BCUT2D eigenvalue weighted by molar-refractivity contribution is -0.150. The van der Waals surface area contributed by atoms with Crippen molar-refractivity contribution < 1.29 is 24.5 Å².